The zero-order valence-electron chi connectivity index (χ0n) is 16.0. The second-order valence-electron chi connectivity index (χ2n) is 6.93. The predicted octanol–water partition coefficient (Wildman–Crippen LogP) is 1.29. The van der Waals surface area contributed by atoms with Crippen molar-refractivity contribution < 1.29 is 13.2 Å². The molecule has 5 N–H and O–H groups in total. The minimum absolute atomic E-state index is 0.312. The number of hydrogen-bond donors (Lipinski definition) is 4. The summed E-state index contributed by atoms with van der Waals surface area (Å²) in [7, 11) is -1.92. The van der Waals surface area contributed by atoms with Crippen molar-refractivity contribution in [1.29, 1.82) is 0 Å². The zero-order valence-corrected chi connectivity index (χ0v) is 16.8. The van der Waals surface area contributed by atoms with Crippen molar-refractivity contribution in [1.82, 2.24) is 19.7 Å². The summed E-state index contributed by atoms with van der Waals surface area (Å²) in [5.41, 5.74) is 3.54. The Morgan fingerprint density at radius 2 is 2.11 bits per heavy atom. The molecule has 3 rings (SSSR count). The summed E-state index contributed by atoms with van der Waals surface area (Å²) >= 11 is 0. The molecule has 2 aromatic rings. The molecule has 10 heteroatoms. The van der Waals surface area contributed by atoms with E-state index in [-0.39, 0.29) is 0 Å². The molecule has 0 amide bonds. The topological polar surface area (TPSA) is 135 Å². The Hall–Kier alpha value is -2.27. The molecule has 0 aliphatic heterocycles. The summed E-state index contributed by atoms with van der Waals surface area (Å²) in [6, 6.07) is 2.02. The minimum Gasteiger partial charge on any atom is -0.373 e. The number of ether oxygens (including phenoxy) is 1. The van der Waals surface area contributed by atoms with Crippen LogP contribution in [0.3, 0.4) is 0 Å². The summed E-state index contributed by atoms with van der Waals surface area (Å²) in [4.78, 5) is 11.9. The molecule has 0 aromatic carbocycles. The van der Waals surface area contributed by atoms with Crippen molar-refractivity contribution in [3.05, 3.63) is 41.6 Å². The first-order valence-corrected chi connectivity index (χ1v) is 10.6. The molecule has 152 valence electrons. The fourth-order valence-corrected chi connectivity index (χ4v) is 3.76. The summed E-state index contributed by atoms with van der Waals surface area (Å²) in [6.45, 7) is 3.03. The summed E-state index contributed by atoms with van der Waals surface area (Å²) in [5, 5.41) is 8.24. The Kier molecular flexibility index (Phi) is 6.14. The number of anilines is 1. The highest BCUT2D eigenvalue weighted by atomic mass is 32.2. The van der Waals surface area contributed by atoms with E-state index in [0.29, 0.717) is 25.9 Å². The number of nitrogens with one attached hydrogen (secondary N) is 3. The lowest BCUT2D eigenvalue weighted by Gasteiger charge is -2.35. The van der Waals surface area contributed by atoms with E-state index in [1.807, 2.05) is 24.5 Å². The van der Waals surface area contributed by atoms with Crippen LogP contribution in [0.15, 0.2) is 24.8 Å². The van der Waals surface area contributed by atoms with Gasteiger partial charge in [0.05, 0.1) is 11.3 Å². The van der Waals surface area contributed by atoms with Crippen molar-refractivity contribution in [2.75, 3.05) is 25.5 Å². The summed E-state index contributed by atoms with van der Waals surface area (Å²) in [5.74, 6) is 0.775. The number of nitrogens with zero attached hydrogens (tertiary/aromatic N) is 2. The molecule has 0 saturated carbocycles. The molecular weight excluding hydrogens is 380 g/mol. The van der Waals surface area contributed by atoms with Crippen molar-refractivity contribution in [2.45, 2.75) is 31.8 Å². The number of rotatable bonds is 9. The number of nitrogens with two attached hydrogens (primary N) is 1. The second-order valence-corrected chi connectivity index (χ2v) is 8.31. The molecule has 0 spiro atoms. The molecule has 9 nitrogen and oxygen atoms in total. The van der Waals surface area contributed by atoms with Crippen LogP contribution in [0.2, 0.25) is 0 Å². The molecular formula is C18H26N6O3S. The average molecular weight is 407 g/mol. The van der Waals surface area contributed by atoms with Crippen LogP contribution in [-0.4, -0.2) is 49.2 Å². The van der Waals surface area contributed by atoms with E-state index in [4.69, 9.17) is 9.88 Å². The van der Waals surface area contributed by atoms with Crippen molar-refractivity contribution >= 4 is 27.7 Å². The number of aromatic nitrogens is 3. The molecule has 2 heterocycles. The largest absolute Gasteiger partial charge is 0.373 e. The van der Waals surface area contributed by atoms with Crippen LogP contribution in [0.25, 0.3) is 11.6 Å². The quantitative estimate of drug-likeness (QED) is 0.464. The molecule has 0 saturated heterocycles. The van der Waals surface area contributed by atoms with E-state index in [1.165, 1.54) is 0 Å². The third kappa shape index (κ3) is 4.76. The van der Waals surface area contributed by atoms with Crippen LogP contribution in [0.4, 0.5) is 5.82 Å². The van der Waals surface area contributed by atoms with Gasteiger partial charge in [0.25, 0.3) is 10.2 Å². The van der Waals surface area contributed by atoms with Crippen LogP contribution in [0, 0.1) is 0 Å². The maximum absolute atomic E-state index is 10.9. The molecule has 1 aliphatic carbocycles. The molecule has 2 aromatic heterocycles. The lowest BCUT2D eigenvalue weighted by Crippen LogP contribution is -2.35. The first-order valence-electron chi connectivity index (χ1n) is 9.08. The summed E-state index contributed by atoms with van der Waals surface area (Å²) < 4.78 is 29.9. The fourth-order valence-electron chi connectivity index (χ4n) is 3.33. The Labute approximate surface area is 165 Å². The van der Waals surface area contributed by atoms with Gasteiger partial charge < -0.3 is 15.0 Å². The van der Waals surface area contributed by atoms with Gasteiger partial charge >= 0.3 is 0 Å². The summed E-state index contributed by atoms with van der Waals surface area (Å²) in [6.07, 6.45) is 9.52. The normalized spacial score (nSPS) is 19.2. The molecule has 0 bridgehead atoms. The van der Waals surface area contributed by atoms with Gasteiger partial charge in [-0.3, -0.25) is 0 Å². The maximum Gasteiger partial charge on any atom is 0.274 e. The van der Waals surface area contributed by atoms with Gasteiger partial charge in [0.2, 0.25) is 0 Å². The van der Waals surface area contributed by atoms with Gasteiger partial charge in [-0.1, -0.05) is 0 Å². The Morgan fingerprint density at radius 3 is 2.79 bits per heavy atom. The van der Waals surface area contributed by atoms with E-state index in [9.17, 15) is 8.42 Å². The third-order valence-electron chi connectivity index (χ3n) is 4.90. The van der Waals surface area contributed by atoms with Crippen LogP contribution in [0.5, 0.6) is 0 Å². The molecule has 28 heavy (non-hydrogen) atoms. The number of aromatic amines is 1. The minimum atomic E-state index is -3.63. The van der Waals surface area contributed by atoms with E-state index in [0.717, 1.165) is 34.6 Å². The maximum atomic E-state index is 10.9. The zero-order chi connectivity index (χ0) is 20.2. The molecule has 0 fully saturated rings. The molecule has 1 unspecified atom stereocenters. The van der Waals surface area contributed by atoms with E-state index in [2.05, 4.69) is 31.9 Å². The van der Waals surface area contributed by atoms with Crippen molar-refractivity contribution in [2.24, 2.45) is 5.14 Å². The van der Waals surface area contributed by atoms with Crippen LogP contribution in [-0.2, 0) is 21.4 Å². The standard InChI is InChI=1S/C18H26N6O3S/c1-18(27-2)10-14-16(9-15(18)13-5-8-20-11-13)22-12-23-17(14)21-6-3-4-7-24-28(19,25)26/h5,8-9,11-12,20,24H,3-4,6-7,10H2,1-2H3,(H2,19,25,26)(H,21,22,23). The first kappa shape index (κ1) is 20.5. The Morgan fingerprint density at radius 1 is 1.32 bits per heavy atom. The van der Waals surface area contributed by atoms with Gasteiger partial charge in [0, 0.05) is 44.6 Å². The van der Waals surface area contributed by atoms with E-state index in [1.54, 1.807) is 13.4 Å². The highest BCUT2D eigenvalue weighted by Gasteiger charge is 2.36. The predicted molar refractivity (Wildman–Crippen MR) is 109 cm³/mol. The average Bonchev–Trinajstić information content (AvgIpc) is 3.17. The SMILES string of the molecule is COC1(C)Cc2c(ncnc2NCCCCNS(N)(=O)=O)C=C1c1cc[nH]c1. The van der Waals surface area contributed by atoms with E-state index < -0.39 is 15.8 Å². The smallest absolute Gasteiger partial charge is 0.274 e. The van der Waals surface area contributed by atoms with Gasteiger partial charge in [-0.25, -0.2) is 19.8 Å². The monoisotopic (exact) mass is 406 g/mol. The number of fused-ring (bicyclic) bond motifs is 1. The highest BCUT2D eigenvalue weighted by Crippen LogP contribution is 2.40. The number of H-pyrrole nitrogens is 1. The Balaban J connectivity index is 1.72. The third-order valence-corrected chi connectivity index (χ3v) is 5.51. The number of unbranched alkanes of at least 4 members (excludes halogenated alkanes) is 1. The van der Waals surface area contributed by atoms with Crippen molar-refractivity contribution in [3.63, 3.8) is 0 Å². The van der Waals surface area contributed by atoms with E-state index >= 15 is 0 Å². The number of methoxy groups -OCH3 is 1. The van der Waals surface area contributed by atoms with Crippen LogP contribution in [0.1, 0.15) is 36.6 Å². The lowest BCUT2D eigenvalue weighted by molar-refractivity contribution is 0.0577. The lowest BCUT2D eigenvalue weighted by atomic mass is 9.80. The van der Waals surface area contributed by atoms with Crippen molar-refractivity contribution in [3.8, 4) is 0 Å². The van der Waals surface area contributed by atoms with Crippen LogP contribution < -0.4 is 15.2 Å². The van der Waals surface area contributed by atoms with Gasteiger partial charge in [0.1, 0.15) is 12.1 Å². The highest BCUT2D eigenvalue weighted by molar-refractivity contribution is 7.87. The van der Waals surface area contributed by atoms with Crippen LogP contribution >= 0.6 is 0 Å². The number of hydrogen-bond acceptors (Lipinski definition) is 6. The second kappa shape index (κ2) is 8.39. The molecule has 1 aliphatic rings. The first-order chi connectivity index (χ1) is 13.3. The molecule has 1 atom stereocenters. The van der Waals surface area contributed by atoms with Gasteiger partial charge in [-0.2, -0.15) is 8.42 Å². The molecule has 0 radical (unpaired) electrons. The fraction of sp³-hybridized carbons (Fsp3) is 0.444. The van der Waals surface area contributed by atoms with Gasteiger partial charge in [-0.15, -0.1) is 0 Å². The van der Waals surface area contributed by atoms with Gasteiger partial charge in [-0.05, 0) is 43.0 Å². The Bertz CT molecular complexity index is 942. The van der Waals surface area contributed by atoms with Gasteiger partial charge in [0.15, 0.2) is 0 Å².